The van der Waals surface area contributed by atoms with Gasteiger partial charge in [-0.05, 0) is 60.7 Å². The zero-order valence-electron chi connectivity index (χ0n) is 17.8. The summed E-state index contributed by atoms with van der Waals surface area (Å²) in [6.45, 7) is 0. The topological polar surface area (TPSA) is 72.7 Å². The Balaban J connectivity index is 1.34. The fraction of sp³-hybridized carbons (Fsp3) is 0.200. The van der Waals surface area contributed by atoms with Crippen LogP contribution in [-0.2, 0) is 4.79 Å². The molecule has 1 unspecified atom stereocenters. The lowest BCUT2D eigenvalue weighted by Crippen LogP contribution is -2.31. The minimum absolute atomic E-state index is 0.00770. The van der Waals surface area contributed by atoms with Crippen LogP contribution in [0.3, 0.4) is 0 Å². The highest BCUT2D eigenvalue weighted by molar-refractivity contribution is 7.99. The average Bonchev–Trinajstić information content (AvgIpc) is 3.61. The van der Waals surface area contributed by atoms with Crippen molar-refractivity contribution in [1.82, 2.24) is 25.1 Å². The van der Waals surface area contributed by atoms with Crippen molar-refractivity contribution in [2.45, 2.75) is 24.0 Å². The molecule has 2 aromatic heterocycles. The second-order valence-corrected chi connectivity index (χ2v) is 9.32. The number of para-hydroxylation sites is 1. The van der Waals surface area contributed by atoms with Gasteiger partial charge in [0, 0.05) is 28.7 Å². The number of thioether (sulfide) groups is 1. The quantitative estimate of drug-likeness (QED) is 0.348. The number of hydrogen-bond donors (Lipinski definition) is 1. The number of benzene rings is 2. The van der Waals surface area contributed by atoms with E-state index in [9.17, 15) is 4.79 Å². The molecular formula is C25H22ClN5OS. The molecular weight excluding hydrogens is 454 g/mol. The minimum atomic E-state index is -0.0302. The number of amides is 1. The van der Waals surface area contributed by atoms with E-state index >= 15 is 0 Å². The van der Waals surface area contributed by atoms with Gasteiger partial charge in [-0.25, -0.2) is 0 Å². The van der Waals surface area contributed by atoms with Crippen LogP contribution in [0.1, 0.15) is 24.4 Å². The zero-order chi connectivity index (χ0) is 22.6. The van der Waals surface area contributed by atoms with Gasteiger partial charge < -0.3 is 5.32 Å². The molecule has 6 nitrogen and oxygen atoms in total. The van der Waals surface area contributed by atoms with E-state index in [4.69, 9.17) is 11.6 Å². The van der Waals surface area contributed by atoms with Gasteiger partial charge in [0.25, 0.3) is 0 Å². The van der Waals surface area contributed by atoms with Gasteiger partial charge in [0.1, 0.15) is 0 Å². The molecule has 1 N–H and O–H groups in total. The third kappa shape index (κ3) is 5.10. The number of rotatable bonds is 8. The second-order valence-electron chi connectivity index (χ2n) is 7.94. The van der Waals surface area contributed by atoms with Crippen molar-refractivity contribution < 1.29 is 4.79 Å². The van der Waals surface area contributed by atoms with Crippen LogP contribution in [0.4, 0.5) is 0 Å². The molecule has 2 heterocycles. The van der Waals surface area contributed by atoms with Gasteiger partial charge >= 0.3 is 0 Å². The number of halogens is 1. The van der Waals surface area contributed by atoms with E-state index in [0.717, 1.165) is 29.7 Å². The molecule has 1 atom stereocenters. The van der Waals surface area contributed by atoms with Crippen LogP contribution in [0.25, 0.3) is 17.1 Å². The van der Waals surface area contributed by atoms with Gasteiger partial charge in [-0.15, -0.1) is 10.2 Å². The Labute approximate surface area is 201 Å². The number of carbonyl (C=O) groups is 1. The summed E-state index contributed by atoms with van der Waals surface area (Å²) in [6.07, 6.45) is 5.73. The fourth-order valence-corrected chi connectivity index (χ4v) is 4.66. The normalized spacial score (nSPS) is 14.1. The Hall–Kier alpha value is -3.16. The van der Waals surface area contributed by atoms with Crippen molar-refractivity contribution in [3.63, 3.8) is 0 Å². The highest BCUT2D eigenvalue weighted by Crippen LogP contribution is 2.41. The lowest BCUT2D eigenvalue weighted by Gasteiger charge is -2.19. The van der Waals surface area contributed by atoms with Crippen molar-refractivity contribution in [3.05, 3.63) is 89.7 Å². The molecule has 0 radical (unpaired) electrons. The van der Waals surface area contributed by atoms with Gasteiger partial charge in [0.15, 0.2) is 11.0 Å². The molecule has 1 fully saturated rings. The molecule has 5 rings (SSSR count). The van der Waals surface area contributed by atoms with Crippen LogP contribution in [0.15, 0.2) is 84.3 Å². The predicted molar refractivity (Wildman–Crippen MR) is 130 cm³/mol. The third-order valence-electron chi connectivity index (χ3n) is 5.54. The minimum Gasteiger partial charge on any atom is -0.348 e. The van der Waals surface area contributed by atoms with Crippen molar-refractivity contribution >= 4 is 29.3 Å². The van der Waals surface area contributed by atoms with Crippen LogP contribution in [0.2, 0.25) is 5.02 Å². The molecule has 0 saturated heterocycles. The lowest BCUT2D eigenvalue weighted by molar-refractivity contribution is -0.119. The van der Waals surface area contributed by atoms with E-state index in [2.05, 4.69) is 20.5 Å². The van der Waals surface area contributed by atoms with E-state index in [0.29, 0.717) is 21.9 Å². The number of nitrogens with one attached hydrogen (secondary N) is 1. The predicted octanol–water partition coefficient (Wildman–Crippen LogP) is 5.34. The first kappa shape index (κ1) is 21.7. The second kappa shape index (κ2) is 9.77. The summed E-state index contributed by atoms with van der Waals surface area (Å²) < 4.78 is 1.96. The van der Waals surface area contributed by atoms with Gasteiger partial charge in [-0.1, -0.05) is 53.7 Å². The zero-order valence-corrected chi connectivity index (χ0v) is 19.3. The molecule has 0 spiro atoms. The van der Waals surface area contributed by atoms with E-state index < -0.39 is 0 Å². The van der Waals surface area contributed by atoms with Crippen molar-refractivity contribution in [2.24, 2.45) is 5.92 Å². The molecule has 8 heteroatoms. The Morgan fingerprint density at radius 1 is 1.06 bits per heavy atom. The fourth-order valence-electron chi connectivity index (χ4n) is 3.77. The first-order valence-corrected chi connectivity index (χ1v) is 12.1. The van der Waals surface area contributed by atoms with Crippen molar-refractivity contribution in [3.8, 4) is 17.1 Å². The molecule has 166 valence electrons. The molecule has 1 amide bonds. The highest BCUT2D eigenvalue weighted by Gasteiger charge is 2.33. The molecule has 2 aromatic carbocycles. The molecule has 4 aromatic rings. The summed E-state index contributed by atoms with van der Waals surface area (Å²) in [5.41, 5.74) is 2.88. The summed E-state index contributed by atoms with van der Waals surface area (Å²) in [7, 11) is 0. The molecule has 1 saturated carbocycles. The van der Waals surface area contributed by atoms with E-state index in [1.54, 1.807) is 12.4 Å². The number of aromatic nitrogens is 4. The van der Waals surface area contributed by atoms with E-state index in [1.165, 1.54) is 11.8 Å². The molecule has 1 aliphatic rings. The SMILES string of the molecule is O=C(CSc1nnc(-c2cccnc2)n1-c1ccccc1)NC(c1ccc(Cl)cc1)C1CC1. The molecule has 33 heavy (non-hydrogen) atoms. The summed E-state index contributed by atoms with van der Waals surface area (Å²) in [4.78, 5) is 17.1. The summed E-state index contributed by atoms with van der Waals surface area (Å²) in [5, 5.41) is 13.4. The van der Waals surface area contributed by atoms with Gasteiger partial charge in [0.2, 0.25) is 5.91 Å². The van der Waals surface area contributed by atoms with Crippen LogP contribution in [0.5, 0.6) is 0 Å². The highest BCUT2D eigenvalue weighted by atomic mass is 35.5. The maximum atomic E-state index is 12.9. The average molecular weight is 476 g/mol. The molecule has 0 bridgehead atoms. The maximum Gasteiger partial charge on any atom is 0.230 e. The van der Waals surface area contributed by atoms with Crippen LogP contribution in [0, 0.1) is 5.92 Å². The largest absolute Gasteiger partial charge is 0.348 e. The van der Waals surface area contributed by atoms with Gasteiger partial charge in [-0.2, -0.15) is 0 Å². The maximum absolute atomic E-state index is 12.9. The standard InChI is InChI=1S/C25H22ClN5OS/c26-20-12-10-18(11-13-20)23(17-8-9-17)28-22(32)16-33-25-30-29-24(19-5-4-14-27-15-19)31(25)21-6-2-1-3-7-21/h1-7,10-15,17,23H,8-9,16H2,(H,28,32). The van der Waals surface area contributed by atoms with E-state index in [-0.39, 0.29) is 17.7 Å². The number of hydrogen-bond acceptors (Lipinski definition) is 5. The molecule has 1 aliphatic carbocycles. The van der Waals surface area contributed by atoms with Crippen LogP contribution < -0.4 is 5.32 Å². The van der Waals surface area contributed by atoms with E-state index in [1.807, 2.05) is 71.3 Å². The Kier molecular flexibility index (Phi) is 6.41. The van der Waals surface area contributed by atoms with Crippen LogP contribution >= 0.6 is 23.4 Å². The Morgan fingerprint density at radius 3 is 2.55 bits per heavy atom. The van der Waals surface area contributed by atoms with Crippen LogP contribution in [-0.4, -0.2) is 31.4 Å². The Morgan fingerprint density at radius 2 is 1.85 bits per heavy atom. The van der Waals surface area contributed by atoms with Gasteiger partial charge in [-0.3, -0.25) is 14.3 Å². The third-order valence-corrected chi connectivity index (χ3v) is 6.72. The lowest BCUT2D eigenvalue weighted by atomic mass is 10.0. The smallest absolute Gasteiger partial charge is 0.230 e. The number of carbonyl (C=O) groups excluding carboxylic acids is 1. The molecule has 0 aliphatic heterocycles. The Bertz CT molecular complexity index is 1230. The first-order valence-electron chi connectivity index (χ1n) is 10.8. The van der Waals surface area contributed by atoms with Crippen molar-refractivity contribution in [1.29, 1.82) is 0 Å². The number of pyridine rings is 1. The summed E-state index contributed by atoms with van der Waals surface area (Å²) >= 11 is 7.41. The monoisotopic (exact) mass is 475 g/mol. The summed E-state index contributed by atoms with van der Waals surface area (Å²) in [6, 6.07) is 21.4. The van der Waals surface area contributed by atoms with Gasteiger partial charge in [0.05, 0.1) is 11.8 Å². The summed E-state index contributed by atoms with van der Waals surface area (Å²) in [5.74, 6) is 1.38. The first-order chi connectivity index (χ1) is 16.2. The van der Waals surface area contributed by atoms with Crippen molar-refractivity contribution in [2.75, 3.05) is 5.75 Å². The number of nitrogens with zero attached hydrogens (tertiary/aromatic N) is 4.